The number of esters is 1. The first-order chi connectivity index (χ1) is 16.0. The number of nitrogens with zero attached hydrogens (tertiary/aromatic N) is 1. The molecule has 0 saturated carbocycles. The highest BCUT2D eigenvalue weighted by Gasteiger charge is 2.18. The number of halogens is 2. The first-order valence-corrected chi connectivity index (χ1v) is 11.2. The predicted molar refractivity (Wildman–Crippen MR) is 132 cm³/mol. The zero-order valence-corrected chi connectivity index (χ0v) is 19.2. The third kappa shape index (κ3) is 5.72. The highest BCUT2D eigenvalue weighted by molar-refractivity contribution is 6.42. The van der Waals surface area contributed by atoms with Crippen LogP contribution in [0.25, 0.3) is 10.8 Å². The van der Waals surface area contributed by atoms with Gasteiger partial charge in [-0.1, -0.05) is 77.8 Å². The predicted octanol–water partition coefficient (Wildman–Crippen LogP) is 6.65. The highest BCUT2D eigenvalue weighted by Crippen LogP contribution is 2.24. The van der Waals surface area contributed by atoms with Crippen LogP contribution in [0.4, 0.5) is 0 Å². The van der Waals surface area contributed by atoms with E-state index in [1.54, 1.807) is 41.3 Å². The van der Waals surface area contributed by atoms with Crippen LogP contribution < -0.4 is 0 Å². The van der Waals surface area contributed by atoms with Gasteiger partial charge in [0.1, 0.15) is 6.61 Å². The molecule has 0 saturated heterocycles. The van der Waals surface area contributed by atoms with Crippen molar-refractivity contribution in [3.05, 3.63) is 118 Å². The number of benzene rings is 4. The summed E-state index contributed by atoms with van der Waals surface area (Å²) < 4.78 is 5.49. The summed E-state index contributed by atoms with van der Waals surface area (Å²) in [6.07, 6.45) is 0. The lowest BCUT2D eigenvalue weighted by atomic mass is 10.1. The smallest absolute Gasteiger partial charge is 0.338 e. The number of carbonyl (C=O) groups is 2. The molecule has 0 radical (unpaired) electrons. The van der Waals surface area contributed by atoms with Gasteiger partial charge in [0.15, 0.2) is 0 Å². The number of hydrogen-bond donors (Lipinski definition) is 0. The van der Waals surface area contributed by atoms with Crippen molar-refractivity contribution in [1.82, 2.24) is 4.90 Å². The molecule has 4 aromatic carbocycles. The molecular weight excluding hydrogens is 457 g/mol. The average Bonchev–Trinajstić information content (AvgIpc) is 2.85. The molecule has 0 aliphatic carbocycles. The number of fused-ring (bicyclic) bond motifs is 1. The summed E-state index contributed by atoms with van der Waals surface area (Å²) in [4.78, 5) is 27.3. The van der Waals surface area contributed by atoms with E-state index in [4.69, 9.17) is 27.9 Å². The number of rotatable bonds is 7. The van der Waals surface area contributed by atoms with Gasteiger partial charge in [-0.05, 0) is 52.7 Å². The van der Waals surface area contributed by atoms with Crippen molar-refractivity contribution in [2.45, 2.75) is 6.54 Å². The Morgan fingerprint density at radius 2 is 1.45 bits per heavy atom. The zero-order chi connectivity index (χ0) is 23.2. The molecule has 4 nitrogen and oxygen atoms in total. The van der Waals surface area contributed by atoms with E-state index in [0.717, 1.165) is 16.3 Å². The molecule has 0 fully saturated rings. The molecule has 0 atom stereocenters. The summed E-state index contributed by atoms with van der Waals surface area (Å²) in [7, 11) is 0. The van der Waals surface area contributed by atoms with Crippen LogP contribution in [-0.4, -0.2) is 29.9 Å². The summed E-state index contributed by atoms with van der Waals surface area (Å²) in [6, 6.07) is 27.5. The minimum absolute atomic E-state index is 0.0611. The van der Waals surface area contributed by atoms with Crippen molar-refractivity contribution in [2.24, 2.45) is 0 Å². The molecule has 0 unspecified atom stereocenters. The Labute approximate surface area is 202 Å². The molecule has 0 bridgehead atoms. The van der Waals surface area contributed by atoms with Gasteiger partial charge in [-0.3, -0.25) is 4.79 Å². The molecule has 0 aliphatic heterocycles. The Morgan fingerprint density at radius 1 is 0.727 bits per heavy atom. The monoisotopic (exact) mass is 477 g/mol. The summed E-state index contributed by atoms with van der Waals surface area (Å²) >= 11 is 12.2. The van der Waals surface area contributed by atoms with Crippen LogP contribution in [0.3, 0.4) is 0 Å². The minimum Gasteiger partial charge on any atom is -0.460 e. The molecule has 1 amide bonds. The molecular formula is C27H21Cl2NO3. The second kappa shape index (κ2) is 10.5. The number of carbonyl (C=O) groups excluding carboxylic acids is 2. The second-order valence-electron chi connectivity index (χ2n) is 7.54. The largest absolute Gasteiger partial charge is 0.460 e. The van der Waals surface area contributed by atoms with Crippen molar-refractivity contribution in [2.75, 3.05) is 13.2 Å². The molecule has 0 aromatic heterocycles. The van der Waals surface area contributed by atoms with Crippen molar-refractivity contribution in [1.29, 1.82) is 0 Å². The fourth-order valence-corrected chi connectivity index (χ4v) is 3.84. The summed E-state index contributed by atoms with van der Waals surface area (Å²) in [5.74, 6) is -0.592. The lowest BCUT2D eigenvalue weighted by molar-refractivity contribution is 0.0429. The molecule has 0 aliphatic rings. The number of amides is 1. The van der Waals surface area contributed by atoms with Crippen molar-refractivity contribution in [3.8, 4) is 0 Å². The highest BCUT2D eigenvalue weighted by atomic mass is 35.5. The number of ether oxygens (including phenoxy) is 1. The van der Waals surface area contributed by atoms with Crippen LogP contribution in [-0.2, 0) is 11.3 Å². The van der Waals surface area contributed by atoms with E-state index in [9.17, 15) is 9.59 Å². The maximum Gasteiger partial charge on any atom is 0.338 e. The van der Waals surface area contributed by atoms with Crippen LogP contribution in [0.1, 0.15) is 26.3 Å². The molecule has 6 heteroatoms. The van der Waals surface area contributed by atoms with Crippen molar-refractivity contribution in [3.63, 3.8) is 0 Å². The maximum atomic E-state index is 13.1. The second-order valence-corrected chi connectivity index (χ2v) is 8.35. The summed E-state index contributed by atoms with van der Waals surface area (Å²) in [5.41, 5.74) is 1.85. The topological polar surface area (TPSA) is 46.6 Å². The molecule has 4 rings (SSSR count). The lowest BCUT2D eigenvalue weighted by Crippen LogP contribution is -2.34. The average molecular weight is 478 g/mol. The Balaban J connectivity index is 1.46. The van der Waals surface area contributed by atoms with Gasteiger partial charge in [0.2, 0.25) is 0 Å². The van der Waals surface area contributed by atoms with E-state index >= 15 is 0 Å². The Kier molecular flexibility index (Phi) is 7.28. The third-order valence-corrected chi connectivity index (χ3v) is 5.98. The van der Waals surface area contributed by atoms with E-state index in [1.807, 2.05) is 54.6 Å². The van der Waals surface area contributed by atoms with Gasteiger partial charge >= 0.3 is 5.97 Å². The third-order valence-electron chi connectivity index (χ3n) is 5.24. The lowest BCUT2D eigenvalue weighted by Gasteiger charge is -2.23. The fourth-order valence-electron chi connectivity index (χ4n) is 3.52. The van der Waals surface area contributed by atoms with Crippen LogP contribution >= 0.6 is 23.2 Å². The van der Waals surface area contributed by atoms with Gasteiger partial charge in [-0.15, -0.1) is 0 Å². The van der Waals surface area contributed by atoms with Gasteiger partial charge in [-0.25, -0.2) is 4.79 Å². The quantitative estimate of drug-likeness (QED) is 0.280. The van der Waals surface area contributed by atoms with Gasteiger partial charge in [0, 0.05) is 12.1 Å². The molecule has 166 valence electrons. The van der Waals surface area contributed by atoms with Gasteiger partial charge in [-0.2, -0.15) is 0 Å². The fraction of sp³-hybridized carbons (Fsp3) is 0.111. The standard InChI is InChI=1S/C27H21Cl2NO3/c28-24-13-10-19(16-25(24)29)18-30(26(31)21-7-2-1-3-8-21)14-15-33-27(32)23-12-11-20-6-4-5-9-22(20)17-23/h1-13,16-17H,14-15,18H2. The zero-order valence-electron chi connectivity index (χ0n) is 17.7. The molecule has 0 N–H and O–H groups in total. The Morgan fingerprint density at radius 3 is 2.21 bits per heavy atom. The number of hydrogen-bond acceptors (Lipinski definition) is 3. The molecule has 0 heterocycles. The van der Waals surface area contributed by atoms with E-state index in [1.165, 1.54) is 0 Å². The molecule has 0 spiro atoms. The van der Waals surface area contributed by atoms with Crippen LogP contribution in [0, 0.1) is 0 Å². The molecule has 33 heavy (non-hydrogen) atoms. The normalized spacial score (nSPS) is 10.7. The summed E-state index contributed by atoms with van der Waals surface area (Å²) in [5, 5.41) is 2.89. The van der Waals surface area contributed by atoms with Crippen LogP contribution in [0.5, 0.6) is 0 Å². The SMILES string of the molecule is O=C(OCCN(Cc1ccc(Cl)c(Cl)c1)C(=O)c1ccccc1)c1ccc2ccccc2c1. The van der Waals surface area contributed by atoms with Crippen LogP contribution in [0.2, 0.25) is 10.0 Å². The Bertz CT molecular complexity index is 1290. The molecule has 4 aromatic rings. The summed E-state index contributed by atoms with van der Waals surface area (Å²) in [6.45, 7) is 0.594. The maximum absolute atomic E-state index is 13.1. The van der Waals surface area contributed by atoms with E-state index in [0.29, 0.717) is 27.7 Å². The van der Waals surface area contributed by atoms with E-state index in [-0.39, 0.29) is 19.1 Å². The van der Waals surface area contributed by atoms with Gasteiger partial charge in [0.25, 0.3) is 5.91 Å². The first kappa shape index (κ1) is 22.8. The van der Waals surface area contributed by atoms with Gasteiger partial charge < -0.3 is 9.64 Å². The first-order valence-electron chi connectivity index (χ1n) is 10.5. The van der Waals surface area contributed by atoms with Crippen molar-refractivity contribution < 1.29 is 14.3 Å². The van der Waals surface area contributed by atoms with Crippen LogP contribution in [0.15, 0.2) is 91.0 Å². The van der Waals surface area contributed by atoms with E-state index < -0.39 is 5.97 Å². The van der Waals surface area contributed by atoms with Crippen molar-refractivity contribution >= 4 is 45.9 Å². The minimum atomic E-state index is -0.428. The van der Waals surface area contributed by atoms with Gasteiger partial charge in [0.05, 0.1) is 22.2 Å². The van der Waals surface area contributed by atoms with E-state index in [2.05, 4.69) is 0 Å². The Hall–Kier alpha value is -3.34.